The normalized spacial score (nSPS) is 14.0. The first kappa shape index (κ1) is 16.2. The fourth-order valence-electron chi connectivity index (χ4n) is 2.81. The molecule has 4 rings (SSSR count). The van der Waals surface area contributed by atoms with Gasteiger partial charge in [0.2, 0.25) is 0 Å². The monoisotopic (exact) mass is 346 g/mol. The highest BCUT2D eigenvalue weighted by molar-refractivity contribution is 5.94. The van der Waals surface area contributed by atoms with Gasteiger partial charge in [0, 0.05) is 23.5 Å². The van der Waals surface area contributed by atoms with Gasteiger partial charge in [0.05, 0.1) is 18.8 Å². The molecule has 1 aliphatic rings. The van der Waals surface area contributed by atoms with Crippen LogP contribution >= 0.6 is 0 Å². The van der Waals surface area contributed by atoms with E-state index < -0.39 is 0 Å². The number of pyridine rings is 1. The number of rotatable bonds is 5. The van der Waals surface area contributed by atoms with Gasteiger partial charge in [0.25, 0.3) is 0 Å². The third-order valence-electron chi connectivity index (χ3n) is 4.31. The van der Waals surface area contributed by atoms with Crippen LogP contribution in [0.2, 0.25) is 0 Å². The van der Waals surface area contributed by atoms with Gasteiger partial charge in [-0.25, -0.2) is 0 Å². The Morgan fingerprint density at radius 1 is 1.08 bits per heavy atom. The van der Waals surface area contributed by atoms with E-state index in [0.29, 0.717) is 11.3 Å². The zero-order valence-corrected chi connectivity index (χ0v) is 14.4. The van der Waals surface area contributed by atoms with Gasteiger partial charge in [-0.1, -0.05) is 18.2 Å². The third-order valence-corrected chi connectivity index (χ3v) is 4.31. The van der Waals surface area contributed by atoms with Crippen molar-refractivity contribution in [1.29, 1.82) is 0 Å². The maximum absolute atomic E-state index is 11.5. The number of benzene rings is 1. The highest BCUT2D eigenvalue weighted by Crippen LogP contribution is 2.24. The first-order valence-corrected chi connectivity index (χ1v) is 8.46. The molecule has 0 atom stereocenters. The Morgan fingerprint density at radius 3 is 2.58 bits per heavy atom. The summed E-state index contributed by atoms with van der Waals surface area (Å²) in [5.41, 5.74) is 2.05. The minimum Gasteiger partial charge on any atom is -0.487 e. The molecule has 2 aromatic heterocycles. The molecule has 3 heterocycles. The Labute approximate surface area is 151 Å². The largest absolute Gasteiger partial charge is 0.487 e. The van der Waals surface area contributed by atoms with Gasteiger partial charge >= 0.3 is 0 Å². The van der Waals surface area contributed by atoms with E-state index in [-0.39, 0.29) is 11.9 Å². The molecule has 6 nitrogen and oxygen atoms in total. The van der Waals surface area contributed by atoms with Crippen LogP contribution < -0.4 is 9.64 Å². The molecule has 0 bridgehead atoms. The summed E-state index contributed by atoms with van der Waals surface area (Å²) in [6.07, 6.45) is 3.40. The summed E-state index contributed by atoms with van der Waals surface area (Å²) >= 11 is 0. The van der Waals surface area contributed by atoms with E-state index in [0.717, 1.165) is 30.2 Å². The number of hydrogen-bond acceptors (Lipinski definition) is 6. The number of hydrogen-bond donors (Lipinski definition) is 0. The molecular weight excluding hydrogens is 328 g/mol. The number of ketones is 1. The maximum Gasteiger partial charge on any atom is 0.161 e. The highest BCUT2D eigenvalue weighted by Gasteiger charge is 2.29. The fourth-order valence-corrected chi connectivity index (χ4v) is 2.81. The van der Waals surface area contributed by atoms with Crippen molar-refractivity contribution in [2.45, 2.75) is 13.0 Å². The zero-order valence-electron chi connectivity index (χ0n) is 14.4. The first-order valence-electron chi connectivity index (χ1n) is 8.46. The Kier molecular flexibility index (Phi) is 4.31. The van der Waals surface area contributed by atoms with Gasteiger partial charge in [-0.3, -0.25) is 9.78 Å². The lowest BCUT2D eigenvalue weighted by Gasteiger charge is -2.39. The Balaban J connectivity index is 1.40. The first-order chi connectivity index (χ1) is 12.7. The Bertz CT molecular complexity index is 907. The van der Waals surface area contributed by atoms with Crippen molar-refractivity contribution >= 4 is 11.6 Å². The van der Waals surface area contributed by atoms with Gasteiger partial charge in [-0.05, 0) is 37.3 Å². The molecule has 0 unspecified atom stereocenters. The van der Waals surface area contributed by atoms with E-state index in [9.17, 15) is 4.79 Å². The van der Waals surface area contributed by atoms with Crippen molar-refractivity contribution in [3.05, 3.63) is 66.5 Å². The minimum atomic E-state index is -0.0195. The summed E-state index contributed by atoms with van der Waals surface area (Å²) in [5.74, 6) is 1.68. The number of carbonyl (C=O) groups is 1. The highest BCUT2D eigenvalue weighted by atomic mass is 16.5. The molecule has 130 valence electrons. The SMILES string of the molecule is CC(=O)c1cncc(-c2ccc(N3CC(Oc4ccccc4)C3)nn2)c1. The van der Waals surface area contributed by atoms with Gasteiger partial charge in [0.1, 0.15) is 11.9 Å². The summed E-state index contributed by atoms with van der Waals surface area (Å²) in [6.45, 7) is 3.09. The maximum atomic E-state index is 11.5. The lowest BCUT2D eigenvalue weighted by molar-refractivity contribution is 0.101. The van der Waals surface area contributed by atoms with Crippen molar-refractivity contribution in [3.8, 4) is 17.0 Å². The molecule has 1 aliphatic heterocycles. The number of nitrogens with zero attached hydrogens (tertiary/aromatic N) is 4. The third kappa shape index (κ3) is 3.39. The molecule has 0 saturated carbocycles. The minimum absolute atomic E-state index is 0.0195. The second-order valence-electron chi connectivity index (χ2n) is 6.25. The molecule has 0 aliphatic carbocycles. The average Bonchev–Trinajstić information content (AvgIpc) is 2.65. The van der Waals surface area contributed by atoms with E-state index in [2.05, 4.69) is 20.1 Å². The Hall–Kier alpha value is -3.28. The summed E-state index contributed by atoms with van der Waals surface area (Å²) in [4.78, 5) is 17.7. The summed E-state index contributed by atoms with van der Waals surface area (Å²) < 4.78 is 5.90. The van der Waals surface area contributed by atoms with Gasteiger partial charge in [-0.15, -0.1) is 10.2 Å². The van der Waals surface area contributed by atoms with Crippen molar-refractivity contribution in [2.24, 2.45) is 0 Å². The van der Waals surface area contributed by atoms with Crippen LogP contribution in [0, 0.1) is 0 Å². The molecule has 3 aromatic rings. The molecule has 6 heteroatoms. The average molecular weight is 346 g/mol. The van der Waals surface area contributed by atoms with E-state index in [1.807, 2.05) is 42.5 Å². The molecule has 1 aromatic carbocycles. The number of aromatic nitrogens is 3. The van der Waals surface area contributed by atoms with E-state index in [4.69, 9.17) is 4.74 Å². The molecule has 0 N–H and O–H groups in total. The second-order valence-corrected chi connectivity index (χ2v) is 6.25. The van der Waals surface area contributed by atoms with E-state index >= 15 is 0 Å². The van der Waals surface area contributed by atoms with Crippen LogP contribution in [-0.4, -0.2) is 40.2 Å². The molecule has 1 fully saturated rings. The summed E-state index contributed by atoms with van der Waals surface area (Å²) in [7, 11) is 0. The smallest absolute Gasteiger partial charge is 0.161 e. The van der Waals surface area contributed by atoms with Crippen LogP contribution in [0.3, 0.4) is 0 Å². The van der Waals surface area contributed by atoms with Crippen molar-refractivity contribution in [3.63, 3.8) is 0 Å². The number of para-hydroxylation sites is 1. The molecule has 1 saturated heterocycles. The lowest BCUT2D eigenvalue weighted by atomic mass is 10.1. The second kappa shape index (κ2) is 6.92. The summed E-state index contributed by atoms with van der Waals surface area (Å²) in [6, 6.07) is 15.4. The molecule has 0 spiro atoms. The van der Waals surface area contributed by atoms with Gasteiger partial charge < -0.3 is 9.64 Å². The lowest BCUT2D eigenvalue weighted by Crippen LogP contribution is -2.54. The topological polar surface area (TPSA) is 68.2 Å². The predicted octanol–water partition coefficient (Wildman–Crippen LogP) is 3.01. The van der Waals surface area contributed by atoms with Crippen LogP contribution in [0.15, 0.2) is 60.9 Å². The number of carbonyl (C=O) groups excluding carboxylic acids is 1. The standard InChI is InChI=1S/C20H18N4O2/c1-14(25)15-9-16(11-21-10-15)19-7-8-20(23-22-19)24-12-18(13-24)26-17-5-3-2-4-6-17/h2-11,18H,12-13H2,1H3. The summed E-state index contributed by atoms with van der Waals surface area (Å²) in [5, 5.41) is 8.58. The zero-order chi connectivity index (χ0) is 17.9. The molecule has 0 radical (unpaired) electrons. The predicted molar refractivity (Wildman–Crippen MR) is 98.3 cm³/mol. The van der Waals surface area contributed by atoms with Crippen LogP contribution in [0.1, 0.15) is 17.3 Å². The van der Waals surface area contributed by atoms with Gasteiger partial charge in [0.15, 0.2) is 11.6 Å². The quantitative estimate of drug-likeness (QED) is 0.662. The van der Waals surface area contributed by atoms with Crippen LogP contribution in [0.25, 0.3) is 11.3 Å². The Morgan fingerprint density at radius 2 is 1.88 bits per heavy atom. The molecule has 0 amide bonds. The van der Waals surface area contributed by atoms with Crippen molar-refractivity contribution in [2.75, 3.05) is 18.0 Å². The number of ether oxygens (including phenoxy) is 1. The molecule has 26 heavy (non-hydrogen) atoms. The van der Waals surface area contributed by atoms with E-state index in [1.54, 1.807) is 18.5 Å². The van der Waals surface area contributed by atoms with Crippen molar-refractivity contribution in [1.82, 2.24) is 15.2 Å². The van der Waals surface area contributed by atoms with Crippen LogP contribution in [0.4, 0.5) is 5.82 Å². The molecular formula is C20H18N4O2. The van der Waals surface area contributed by atoms with Crippen LogP contribution in [0.5, 0.6) is 5.75 Å². The van der Waals surface area contributed by atoms with E-state index in [1.165, 1.54) is 6.92 Å². The fraction of sp³-hybridized carbons (Fsp3) is 0.200. The van der Waals surface area contributed by atoms with Gasteiger partial charge in [-0.2, -0.15) is 0 Å². The number of anilines is 1. The van der Waals surface area contributed by atoms with Crippen LogP contribution in [-0.2, 0) is 0 Å². The number of Topliss-reactive ketones (excluding diaryl/α,β-unsaturated/α-hetero) is 1. The van der Waals surface area contributed by atoms with Crippen molar-refractivity contribution < 1.29 is 9.53 Å².